The molecule has 0 spiro atoms. The zero-order valence-corrected chi connectivity index (χ0v) is 10.9. The second kappa shape index (κ2) is 5.51. The lowest BCUT2D eigenvalue weighted by Gasteiger charge is -2.15. The third-order valence-electron chi connectivity index (χ3n) is 2.99. The molecule has 1 nitrogen and oxygen atoms in total. The molecule has 0 saturated heterocycles. The Bertz CT molecular complexity index is 537. The van der Waals surface area contributed by atoms with Gasteiger partial charge in [-0.3, -0.25) is 0 Å². The van der Waals surface area contributed by atoms with E-state index in [-0.39, 0.29) is 11.9 Å². The normalized spacial score (nSPS) is 12.4. The SMILES string of the molecule is Cc1cccc(C(N)Cc2ccc(F)cc2)c1Cl. The average molecular weight is 264 g/mol. The minimum atomic E-state index is -0.235. The molecule has 0 bridgehead atoms. The van der Waals surface area contributed by atoms with Crippen LogP contribution in [0.4, 0.5) is 4.39 Å². The van der Waals surface area contributed by atoms with Crippen LogP contribution in [0.2, 0.25) is 5.02 Å². The molecule has 2 aromatic rings. The Labute approximate surface area is 111 Å². The molecule has 0 radical (unpaired) electrons. The van der Waals surface area contributed by atoms with Gasteiger partial charge < -0.3 is 5.73 Å². The van der Waals surface area contributed by atoms with Gasteiger partial charge in [-0.15, -0.1) is 0 Å². The number of nitrogens with two attached hydrogens (primary N) is 1. The molecule has 0 aromatic heterocycles. The summed E-state index contributed by atoms with van der Waals surface area (Å²) in [6, 6.07) is 12.0. The van der Waals surface area contributed by atoms with Crippen LogP contribution in [0.1, 0.15) is 22.7 Å². The molecule has 1 unspecified atom stereocenters. The summed E-state index contributed by atoms with van der Waals surface area (Å²) < 4.78 is 12.8. The molecule has 3 heteroatoms. The highest BCUT2D eigenvalue weighted by Gasteiger charge is 2.12. The molecule has 0 fully saturated rings. The number of benzene rings is 2. The van der Waals surface area contributed by atoms with Crippen molar-refractivity contribution in [3.63, 3.8) is 0 Å². The van der Waals surface area contributed by atoms with E-state index in [1.807, 2.05) is 25.1 Å². The van der Waals surface area contributed by atoms with Gasteiger partial charge in [0.25, 0.3) is 0 Å². The van der Waals surface area contributed by atoms with E-state index in [1.165, 1.54) is 12.1 Å². The molecule has 2 N–H and O–H groups in total. The van der Waals surface area contributed by atoms with Gasteiger partial charge in [-0.1, -0.05) is 41.9 Å². The Morgan fingerprint density at radius 3 is 2.50 bits per heavy atom. The molecule has 18 heavy (non-hydrogen) atoms. The Morgan fingerprint density at radius 2 is 1.83 bits per heavy atom. The van der Waals surface area contributed by atoms with Gasteiger partial charge in [-0.2, -0.15) is 0 Å². The maximum Gasteiger partial charge on any atom is 0.123 e. The van der Waals surface area contributed by atoms with Crippen LogP contribution in [0, 0.1) is 12.7 Å². The predicted molar refractivity (Wildman–Crippen MR) is 73.2 cm³/mol. The van der Waals surface area contributed by atoms with Crippen LogP contribution in [0.25, 0.3) is 0 Å². The van der Waals surface area contributed by atoms with Gasteiger partial charge in [0.2, 0.25) is 0 Å². The highest BCUT2D eigenvalue weighted by atomic mass is 35.5. The Hall–Kier alpha value is -1.38. The average Bonchev–Trinajstić information content (AvgIpc) is 2.35. The summed E-state index contributed by atoms with van der Waals surface area (Å²) in [4.78, 5) is 0. The molecule has 0 aliphatic carbocycles. The fourth-order valence-corrected chi connectivity index (χ4v) is 2.21. The van der Waals surface area contributed by atoms with Gasteiger partial charge in [0.05, 0.1) is 0 Å². The van der Waals surface area contributed by atoms with E-state index in [4.69, 9.17) is 17.3 Å². The van der Waals surface area contributed by atoms with Gasteiger partial charge in [-0.25, -0.2) is 4.39 Å². The Morgan fingerprint density at radius 1 is 1.17 bits per heavy atom. The lowest BCUT2D eigenvalue weighted by Crippen LogP contribution is -2.14. The molecule has 0 aliphatic heterocycles. The number of hydrogen-bond acceptors (Lipinski definition) is 1. The molecule has 0 amide bonds. The summed E-state index contributed by atoms with van der Waals surface area (Å²) in [6.45, 7) is 1.95. The van der Waals surface area contributed by atoms with Crippen molar-refractivity contribution in [1.82, 2.24) is 0 Å². The van der Waals surface area contributed by atoms with Crippen molar-refractivity contribution in [2.75, 3.05) is 0 Å². The van der Waals surface area contributed by atoms with Gasteiger partial charge >= 0.3 is 0 Å². The summed E-state index contributed by atoms with van der Waals surface area (Å²) in [5.41, 5.74) is 9.11. The van der Waals surface area contributed by atoms with Crippen LogP contribution in [0.5, 0.6) is 0 Å². The number of aryl methyl sites for hydroxylation is 1. The second-order valence-electron chi connectivity index (χ2n) is 4.42. The smallest absolute Gasteiger partial charge is 0.123 e. The van der Waals surface area contributed by atoms with Crippen molar-refractivity contribution < 1.29 is 4.39 Å². The van der Waals surface area contributed by atoms with Crippen molar-refractivity contribution in [2.45, 2.75) is 19.4 Å². The molecule has 1 atom stereocenters. The van der Waals surface area contributed by atoms with Crippen LogP contribution in [0.15, 0.2) is 42.5 Å². The lowest BCUT2D eigenvalue weighted by molar-refractivity contribution is 0.625. The zero-order chi connectivity index (χ0) is 13.1. The number of halogens is 2. The molecule has 0 aliphatic rings. The summed E-state index contributed by atoms with van der Waals surface area (Å²) in [7, 11) is 0. The van der Waals surface area contributed by atoms with Crippen LogP contribution in [0.3, 0.4) is 0 Å². The quantitative estimate of drug-likeness (QED) is 0.889. The lowest BCUT2D eigenvalue weighted by atomic mass is 9.98. The number of rotatable bonds is 3. The highest BCUT2D eigenvalue weighted by molar-refractivity contribution is 6.32. The zero-order valence-electron chi connectivity index (χ0n) is 10.2. The monoisotopic (exact) mass is 263 g/mol. The van der Waals surface area contributed by atoms with Crippen molar-refractivity contribution in [1.29, 1.82) is 0 Å². The van der Waals surface area contributed by atoms with Crippen LogP contribution in [-0.2, 0) is 6.42 Å². The molecule has 94 valence electrons. The van der Waals surface area contributed by atoms with E-state index in [1.54, 1.807) is 12.1 Å². The fourth-order valence-electron chi connectivity index (χ4n) is 1.94. The van der Waals surface area contributed by atoms with E-state index in [2.05, 4.69) is 0 Å². The fraction of sp³-hybridized carbons (Fsp3) is 0.200. The minimum absolute atomic E-state index is 0.178. The first-order chi connectivity index (χ1) is 8.58. The van der Waals surface area contributed by atoms with E-state index in [0.717, 1.165) is 16.7 Å². The standard InChI is InChI=1S/C15H15ClFN/c1-10-3-2-4-13(15(10)16)14(18)9-11-5-7-12(17)8-6-11/h2-8,14H,9,18H2,1H3. The van der Waals surface area contributed by atoms with Crippen LogP contribution in [-0.4, -0.2) is 0 Å². The molecule has 0 saturated carbocycles. The second-order valence-corrected chi connectivity index (χ2v) is 4.79. The summed E-state index contributed by atoms with van der Waals surface area (Å²) in [6.07, 6.45) is 0.642. The van der Waals surface area contributed by atoms with E-state index in [0.29, 0.717) is 11.4 Å². The molecule has 0 heterocycles. The molecular formula is C15H15ClFN. The first kappa shape index (κ1) is 13.1. The maximum absolute atomic E-state index is 12.8. The topological polar surface area (TPSA) is 26.0 Å². The minimum Gasteiger partial charge on any atom is -0.324 e. The van der Waals surface area contributed by atoms with Crippen molar-refractivity contribution in [3.05, 3.63) is 70.0 Å². The van der Waals surface area contributed by atoms with Crippen LogP contribution < -0.4 is 5.73 Å². The predicted octanol–water partition coefficient (Wildman–Crippen LogP) is 4.03. The van der Waals surface area contributed by atoms with E-state index < -0.39 is 0 Å². The number of hydrogen-bond donors (Lipinski definition) is 1. The van der Waals surface area contributed by atoms with Crippen molar-refractivity contribution >= 4 is 11.6 Å². The third kappa shape index (κ3) is 2.89. The summed E-state index contributed by atoms with van der Waals surface area (Å²) >= 11 is 6.24. The van der Waals surface area contributed by atoms with Crippen molar-refractivity contribution in [2.24, 2.45) is 5.73 Å². The van der Waals surface area contributed by atoms with E-state index in [9.17, 15) is 4.39 Å². The molecule has 2 aromatic carbocycles. The highest BCUT2D eigenvalue weighted by Crippen LogP contribution is 2.26. The first-order valence-electron chi connectivity index (χ1n) is 5.83. The van der Waals surface area contributed by atoms with Gasteiger partial charge in [0, 0.05) is 11.1 Å². The Kier molecular flexibility index (Phi) is 4.00. The largest absolute Gasteiger partial charge is 0.324 e. The van der Waals surface area contributed by atoms with Gasteiger partial charge in [0.15, 0.2) is 0 Å². The van der Waals surface area contributed by atoms with E-state index >= 15 is 0 Å². The third-order valence-corrected chi connectivity index (χ3v) is 3.51. The van der Waals surface area contributed by atoms with Gasteiger partial charge in [0.1, 0.15) is 5.82 Å². The summed E-state index contributed by atoms with van der Waals surface area (Å²) in [5.74, 6) is -0.235. The first-order valence-corrected chi connectivity index (χ1v) is 6.21. The van der Waals surface area contributed by atoms with Crippen molar-refractivity contribution in [3.8, 4) is 0 Å². The molecule has 2 rings (SSSR count). The van der Waals surface area contributed by atoms with Gasteiger partial charge in [-0.05, 0) is 42.2 Å². The van der Waals surface area contributed by atoms with Crippen LogP contribution >= 0.6 is 11.6 Å². The molecular weight excluding hydrogens is 249 g/mol. The maximum atomic E-state index is 12.8. The Balaban J connectivity index is 2.19. The summed E-state index contributed by atoms with van der Waals surface area (Å²) in [5, 5.41) is 0.715.